The van der Waals surface area contributed by atoms with Crippen molar-refractivity contribution in [3.63, 3.8) is 0 Å². The summed E-state index contributed by atoms with van der Waals surface area (Å²) in [5.41, 5.74) is -0.960. The van der Waals surface area contributed by atoms with Crippen molar-refractivity contribution >= 4 is 11.6 Å². The van der Waals surface area contributed by atoms with Gasteiger partial charge < -0.3 is 19.0 Å². The number of nitrogens with zero attached hydrogens (tertiary/aromatic N) is 4. The quantitative estimate of drug-likeness (QED) is 0.353. The zero-order valence-electron chi connectivity index (χ0n) is 24.6. The Hall–Kier alpha value is -3.85. The maximum absolute atomic E-state index is 14.0. The lowest BCUT2D eigenvalue weighted by Crippen LogP contribution is -2.26. The second-order valence-electron chi connectivity index (χ2n) is 7.58. The number of rotatable bonds is 9. The number of hydrogen-bond acceptors (Lipinski definition) is 8. The van der Waals surface area contributed by atoms with Gasteiger partial charge in [0.05, 0.1) is 28.7 Å². The molecule has 35 heavy (non-hydrogen) atoms. The van der Waals surface area contributed by atoms with E-state index in [1.165, 1.54) is 18.2 Å². The lowest BCUT2D eigenvalue weighted by Gasteiger charge is -2.18. The van der Waals surface area contributed by atoms with E-state index in [9.17, 15) is 9.90 Å². The molecule has 0 saturated heterocycles. The Bertz CT molecular complexity index is 1550. The molecule has 10 heteroatoms. The monoisotopic (exact) mass is 502 g/mol. The van der Waals surface area contributed by atoms with Gasteiger partial charge in [0.15, 0.2) is 5.56 Å². The summed E-state index contributed by atoms with van der Waals surface area (Å²) in [7, 11) is -5.92. The number of unbranched alkanes of at least 4 members (excludes halogenated alkanes) is 1. The van der Waals surface area contributed by atoms with Gasteiger partial charge in [0, 0.05) is 11.4 Å². The fraction of sp³-hybridized carbons (Fsp3) is 0.280. The highest BCUT2D eigenvalue weighted by molar-refractivity contribution is 6.30. The molecule has 0 radical (unpaired) electrons. The van der Waals surface area contributed by atoms with Crippen LogP contribution >= 0.6 is 11.6 Å². The van der Waals surface area contributed by atoms with Crippen LogP contribution in [0.3, 0.4) is 0 Å². The van der Waals surface area contributed by atoms with E-state index in [2.05, 4.69) is 15.2 Å². The molecule has 4 rings (SSSR count). The second kappa shape index (κ2) is 10.6. The smallest absolute Gasteiger partial charge is 0.275 e. The molecule has 0 fully saturated rings. The molecule has 0 atom stereocenters. The van der Waals surface area contributed by atoms with Crippen molar-refractivity contribution in [2.24, 2.45) is 0 Å². The minimum Gasteiger partial charge on any atom is -0.494 e. The Kier molecular flexibility index (Phi) is 5.32. The molecule has 1 N–H and O–H groups in total. The third-order valence-electron chi connectivity index (χ3n) is 5.24. The summed E-state index contributed by atoms with van der Waals surface area (Å²) in [6.45, 7) is 1.90. The van der Waals surface area contributed by atoms with Crippen LogP contribution < -0.4 is 15.0 Å². The van der Waals surface area contributed by atoms with Crippen molar-refractivity contribution in [3.05, 3.63) is 75.1 Å². The maximum atomic E-state index is 14.0. The predicted molar refractivity (Wildman–Crippen MR) is 131 cm³/mol. The van der Waals surface area contributed by atoms with E-state index in [1.807, 2.05) is 6.92 Å². The van der Waals surface area contributed by atoms with Gasteiger partial charge in [0.1, 0.15) is 23.0 Å². The zero-order valence-corrected chi connectivity index (χ0v) is 19.4. The highest BCUT2D eigenvalue weighted by Gasteiger charge is 2.26. The van der Waals surface area contributed by atoms with Gasteiger partial charge >= 0.3 is 0 Å². The topological polar surface area (TPSA) is 112 Å². The van der Waals surface area contributed by atoms with Crippen LogP contribution in [0.4, 0.5) is 0 Å². The Morgan fingerprint density at radius 2 is 1.83 bits per heavy atom. The molecule has 2 heterocycles. The summed E-state index contributed by atoms with van der Waals surface area (Å²) in [6, 6.07) is 10.7. The summed E-state index contributed by atoms with van der Waals surface area (Å²) >= 11 is 5.93. The number of aromatic hydroxyl groups is 1. The minimum absolute atomic E-state index is 0.00372. The van der Waals surface area contributed by atoms with Crippen LogP contribution in [0.15, 0.2) is 51.7 Å². The normalized spacial score (nSPS) is 14.2. The Morgan fingerprint density at radius 1 is 1.11 bits per heavy atom. The molecule has 0 saturated carbocycles. The van der Waals surface area contributed by atoms with Crippen LogP contribution in [0.25, 0.3) is 17.1 Å². The minimum atomic E-state index is -2.96. The van der Waals surface area contributed by atoms with Crippen LogP contribution in [-0.2, 0) is 12.8 Å². The van der Waals surface area contributed by atoms with E-state index in [1.54, 1.807) is 24.3 Å². The highest BCUT2D eigenvalue weighted by atomic mass is 35.5. The van der Waals surface area contributed by atoms with E-state index < -0.39 is 31.1 Å². The Morgan fingerprint density at radius 3 is 2.49 bits per heavy atom. The first kappa shape index (κ1) is 17.6. The van der Waals surface area contributed by atoms with Crippen molar-refractivity contribution in [2.45, 2.75) is 32.6 Å². The average molecular weight is 503 g/mol. The van der Waals surface area contributed by atoms with Gasteiger partial charge in [-0.05, 0) is 36.2 Å². The Balaban J connectivity index is 1.93. The van der Waals surface area contributed by atoms with Gasteiger partial charge in [0.2, 0.25) is 11.8 Å². The number of methoxy groups -OCH3 is 2. The van der Waals surface area contributed by atoms with Crippen LogP contribution in [0, 0.1) is 0 Å². The third kappa shape index (κ3) is 5.00. The molecule has 182 valence electrons. The SMILES string of the molecule is [2H]C([2H])([2H])Oc1cccc(OC([2H])([2H])[2H])c1-n1c(CCCC)nc(O)c(-c2nnc(Cc3ccc(Cl)cc3)o2)c1=O. The van der Waals surface area contributed by atoms with Crippen LogP contribution in [0.5, 0.6) is 17.4 Å². The number of aromatic nitrogens is 4. The van der Waals surface area contributed by atoms with Gasteiger partial charge in [0.25, 0.3) is 11.4 Å². The molecule has 0 unspecified atom stereocenters. The van der Waals surface area contributed by atoms with Crippen LogP contribution in [0.1, 0.15) is 45.3 Å². The number of hydrogen-bond donors (Lipinski definition) is 1. The fourth-order valence-corrected chi connectivity index (χ4v) is 3.69. The van der Waals surface area contributed by atoms with E-state index >= 15 is 0 Å². The molecule has 0 amide bonds. The number of para-hydroxylation sites is 1. The summed E-state index contributed by atoms with van der Waals surface area (Å²) in [5, 5.41) is 19.3. The van der Waals surface area contributed by atoms with E-state index in [0.29, 0.717) is 17.9 Å². The van der Waals surface area contributed by atoms with E-state index in [0.717, 1.165) is 10.1 Å². The van der Waals surface area contributed by atoms with E-state index in [4.69, 9.17) is 33.7 Å². The molecule has 4 aromatic rings. The van der Waals surface area contributed by atoms with Crippen LogP contribution in [0.2, 0.25) is 5.02 Å². The highest BCUT2D eigenvalue weighted by Crippen LogP contribution is 2.34. The van der Waals surface area contributed by atoms with Crippen molar-refractivity contribution in [1.82, 2.24) is 19.7 Å². The lowest BCUT2D eigenvalue weighted by molar-refractivity contribution is 0.388. The average Bonchev–Trinajstić information content (AvgIpc) is 3.31. The standard InChI is InChI=1S/C25H25ClN4O5/c1-4-5-9-19-27-23(31)21(24-29-28-20(35-24)14-15-10-12-16(26)13-11-15)25(32)30(19)22-17(33-2)7-6-8-18(22)34-3/h6-8,10-13,31H,4-5,9,14H2,1-3H3/i2D3,3D3. The number of benzene rings is 2. The molecule has 2 aromatic carbocycles. The molecule has 0 aliphatic rings. The number of halogens is 1. The second-order valence-corrected chi connectivity index (χ2v) is 8.02. The van der Waals surface area contributed by atoms with Crippen molar-refractivity contribution in [1.29, 1.82) is 0 Å². The summed E-state index contributed by atoms with van der Waals surface area (Å²) < 4.78 is 62.4. The molecular formula is C25H25ClN4O5. The first-order valence-electron chi connectivity index (χ1n) is 13.7. The molecular weight excluding hydrogens is 472 g/mol. The van der Waals surface area contributed by atoms with Gasteiger partial charge in [-0.15, -0.1) is 10.2 Å². The molecule has 0 aliphatic carbocycles. The number of aryl methyl sites for hydroxylation is 1. The first-order chi connectivity index (χ1) is 19.3. The maximum Gasteiger partial charge on any atom is 0.275 e. The molecule has 0 aliphatic heterocycles. The molecule has 2 aromatic heterocycles. The summed E-state index contributed by atoms with van der Waals surface area (Å²) in [4.78, 5) is 18.2. The van der Waals surface area contributed by atoms with Gasteiger partial charge in [-0.3, -0.25) is 9.36 Å². The summed E-state index contributed by atoms with van der Waals surface area (Å²) in [5.74, 6) is -1.69. The molecule has 0 bridgehead atoms. The molecule has 9 nitrogen and oxygen atoms in total. The predicted octanol–water partition coefficient (Wildman–Crippen LogP) is 4.59. The number of ether oxygens (including phenoxy) is 2. The third-order valence-corrected chi connectivity index (χ3v) is 5.49. The fourth-order valence-electron chi connectivity index (χ4n) is 3.56. The van der Waals surface area contributed by atoms with E-state index in [-0.39, 0.29) is 47.6 Å². The van der Waals surface area contributed by atoms with Crippen molar-refractivity contribution < 1.29 is 27.2 Å². The summed E-state index contributed by atoms with van der Waals surface area (Å²) in [6.07, 6.45) is 1.56. The van der Waals surface area contributed by atoms with Gasteiger partial charge in [-0.1, -0.05) is 43.1 Å². The van der Waals surface area contributed by atoms with Crippen molar-refractivity contribution in [3.8, 4) is 34.5 Å². The van der Waals surface area contributed by atoms with Crippen molar-refractivity contribution in [2.75, 3.05) is 14.1 Å². The molecule has 0 spiro atoms. The first-order valence-corrected chi connectivity index (χ1v) is 11.1. The lowest BCUT2D eigenvalue weighted by atomic mass is 10.1. The van der Waals surface area contributed by atoms with Gasteiger partial charge in [-0.25, -0.2) is 0 Å². The largest absolute Gasteiger partial charge is 0.494 e. The zero-order chi connectivity index (χ0) is 29.9. The van der Waals surface area contributed by atoms with Gasteiger partial charge in [-0.2, -0.15) is 4.98 Å². The van der Waals surface area contributed by atoms with Crippen LogP contribution in [-0.4, -0.2) is 38.9 Å². The Labute approximate surface area is 215 Å².